The number of nitrogens with one attached hydrogen (secondary N) is 2. The van der Waals surface area contributed by atoms with E-state index in [9.17, 15) is 9.59 Å². The van der Waals surface area contributed by atoms with E-state index in [1.807, 2.05) is 30.3 Å². The number of pyridine rings is 1. The summed E-state index contributed by atoms with van der Waals surface area (Å²) >= 11 is 0. The number of hydrogen-bond donors (Lipinski definition) is 3. The molecular weight excluding hydrogens is 318 g/mol. The van der Waals surface area contributed by atoms with Crippen molar-refractivity contribution in [2.45, 2.75) is 31.8 Å². The highest BCUT2D eigenvalue weighted by Crippen LogP contribution is 2.05. The molecule has 2 rings (SSSR count). The molecule has 2 aromatic rings. The molecule has 132 valence electrons. The van der Waals surface area contributed by atoms with Crippen molar-refractivity contribution in [3.63, 3.8) is 0 Å². The first-order chi connectivity index (χ1) is 12.2. The van der Waals surface area contributed by atoms with E-state index >= 15 is 0 Å². The molecule has 0 saturated heterocycles. The Morgan fingerprint density at radius 1 is 1.04 bits per heavy atom. The second-order valence-electron chi connectivity index (χ2n) is 5.66. The number of hydrogen-bond acceptors (Lipinski definition) is 4. The molecule has 6 heteroatoms. The predicted molar refractivity (Wildman–Crippen MR) is 94.7 cm³/mol. The number of nitrogens with zero attached hydrogens (tertiary/aromatic N) is 1. The Bertz CT molecular complexity index is 662. The Morgan fingerprint density at radius 2 is 1.80 bits per heavy atom. The van der Waals surface area contributed by atoms with Crippen LogP contribution in [0.4, 0.5) is 0 Å². The van der Waals surface area contributed by atoms with E-state index < -0.39 is 6.04 Å². The number of amides is 2. The van der Waals surface area contributed by atoms with Crippen LogP contribution in [0.2, 0.25) is 0 Å². The van der Waals surface area contributed by atoms with E-state index in [2.05, 4.69) is 15.6 Å². The molecule has 25 heavy (non-hydrogen) atoms. The Balaban J connectivity index is 1.96. The molecule has 1 atom stereocenters. The van der Waals surface area contributed by atoms with E-state index in [-0.39, 0.29) is 24.1 Å². The van der Waals surface area contributed by atoms with Crippen molar-refractivity contribution >= 4 is 11.8 Å². The summed E-state index contributed by atoms with van der Waals surface area (Å²) in [6.07, 6.45) is 3.22. The minimum absolute atomic E-state index is 0.0620. The fourth-order valence-electron chi connectivity index (χ4n) is 2.37. The van der Waals surface area contributed by atoms with E-state index in [1.165, 1.54) is 6.20 Å². The van der Waals surface area contributed by atoms with Gasteiger partial charge in [0.15, 0.2) is 0 Å². The summed E-state index contributed by atoms with van der Waals surface area (Å²) in [5.41, 5.74) is 1.26. The van der Waals surface area contributed by atoms with Crippen LogP contribution in [0.5, 0.6) is 0 Å². The largest absolute Gasteiger partial charge is 0.396 e. The fourth-order valence-corrected chi connectivity index (χ4v) is 2.37. The van der Waals surface area contributed by atoms with Crippen LogP contribution in [-0.4, -0.2) is 34.6 Å². The van der Waals surface area contributed by atoms with Gasteiger partial charge in [-0.25, -0.2) is 0 Å². The molecule has 0 saturated carbocycles. The van der Waals surface area contributed by atoms with Gasteiger partial charge in [-0.15, -0.1) is 0 Å². The summed E-state index contributed by atoms with van der Waals surface area (Å²) in [4.78, 5) is 28.7. The van der Waals surface area contributed by atoms with Crippen LogP contribution >= 0.6 is 0 Å². The summed E-state index contributed by atoms with van der Waals surface area (Å²) < 4.78 is 0. The van der Waals surface area contributed by atoms with Gasteiger partial charge in [-0.3, -0.25) is 14.6 Å². The van der Waals surface area contributed by atoms with Crippen molar-refractivity contribution in [1.29, 1.82) is 0 Å². The highest BCUT2D eigenvalue weighted by molar-refractivity contribution is 5.96. The SMILES string of the molecule is O=C(NC(CCCCO)C(=O)NCc1ccccc1)c1ccccn1. The Kier molecular flexibility index (Phi) is 7.59. The molecule has 0 aliphatic carbocycles. The first-order valence-corrected chi connectivity index (χ1v) is 8.35. The number of aliphatic hydroxyl groups is 1. The van der Waals surface area contributed by atoms with Crippen LogP contribution in [0.1, 0.15) is 35.3 Å². The molecule has 1 aromatic heterocycles. The van der Waals surface area contributed by atoms with Gasteiger partial charge < -0.3 is 15.7 Å². The molecule has 1 unspecified atom stereocenters. The van der Waals surface area contributed by atoms with Gasteiger partial charge in [0.05, 0.1) is 0 Å². The summed E-state index contributed by atoms with van der Waals surface area (Å²) in [5.74, 6) is -0.629. The standard InChI is InChI=1S/C19H23N3O3/c23-13-7-5-11-17(22-19(25)16-10-4-6-12-20-16)18(24)21-14-15-8-2-1-3-9-15/h1-4,6,8-10,12,17,23H,5,7,11,13-14H2,(H,21,24)(H,22,25). The third kappa shape index (κ3) is 6.35. The summed E-state index contributed by atoms with van der Waals surface area (Å²) in [5, 5.41) is 14.5. The quantitative estimate of drug-likeness (QED) is 0.605. The van der Waals surface area contributed by atoms with Crippen LogP contribution in [0.15, 0.2) is 54.7 Å². The minimum Gasteiger partial charge on any atom is -0.396 e. The van der Waals surface area contributed by atoms with Gasteiger partial charge >= 0.3 is 0 Å². The van der Waals surface area contributed by atoms with E-state index in [4.69, 9.17) is 5.11 Å². The van der Waals surface area contributed by atoms with Crippen molar-refractivity contribution < 1.29 is 14.7 Å². The monoisotopic (exact) mass is 341 g/mol. The number of aromatic nitrogens is 1. The first kappa shape index (κ1) is 18.6. The molecule has 6 nitrogen and oxygen atoms in total. The average Bonchev–Trinajstić information content (AvgIpc) is 2.67. The smallest absolute Gasteiger partial charge is 0.270 e. The lowest BCUT2D eigenvalue weighted by atomic mass is 10.1. The molecule has 1 aromatic carbocycles. The van der Waals surface area contributed by atoms with Crippen LogP contribution in [0, 0.1) is 0 Å². The van der Waals surface area contributed by atoms with Crippen molar-refractivity contribution in [3.8, 4) is 0 Å². The molecule has 0 radical (unpaired) electrons. The van der Waals surface area contributed by atoms with Crippen LogP contribution < -0.4 is 10.6 Å². The molecule has 0 aliphatic heterocycles. The topological polar surface area (TPSA) is 91.3 Å². The normalized spacial score (nSPS) is 11.6. The number of carbonyl (C=O) groups excluding carboxylic acids is 2. The molecule has 3 N–H and O–H groups in total. The van der Waals surface area contributed by atoms with Gasteiger partial charge in [0.2, 0.25) is 5.91 Å². The third-order valence-corrected chi connectivity index (χ3v) is 3.73. The fraction of sp³-hybridized carbons (Fsp3) is 0.316. The number of carbonyl (C=O) groups is 2. The van der Waals surface area contributed by atoms with Gasteiger partial charge in [0.1, 0.15) is 11.7 Å². The minimum atomic E-state index is -0.662. The average molecular weight is 341 g/mol. The zero-order valence-corrected chi connectivity index (χ0v) is 14.0. The molecule has 1 heterocycles. The third-order valence-electron chi connectivity index (χ3n) is 3.73. The van der Waals surface area contributed by atoms with Gasteiger partial charge in [-0.1, -0.05) is 36.4 Å². The van der Waals surface area contributed by atoms with Gasteiger partial charge in [0.25, 0.3) is 5.91 Å². The Labute approximate surface area is 147 Å². The summed E-state index contributed by atoms with van der Waals surface area (Å²) in [6, 6.07) is 14.0. The van der Waals surface area contributed by atoms with Crippen LogP contribution in [0.3, 0.4) is 0 Å². The second-order valence-corrected chi connectivity index (χ2v) is 5.66. The molecule has 0 spiro atoms. The lowest BCUT2D eigenvalue weighted by molar-refractivity contribution is -0.123. The van der Waals surface area contributed by atoms with Gasteiger partial charge in [-0.05, 0) is 37.0 Å². The zero-order chi connectivity index (χ0) is 17.9. The van der Waals surface area contributed by atoms with Crippen molar-refractivity contribution in [2.24, 2.45) is 0 Å². The van der Waals surface area contributed by atoms with Crippen molar-refractivity contribution in [1.82, 2.24) is 15.6 Å². The lowest BCUT2D eigenvalue weighted by Crippen LogP contribution is -2.46. The lowest BCUT2D eigenvalue weighted by Gasteiger charge is -2.18. The molecule has 2 amide bonds. The number of aliphatic hydroxyl groups excluding tert-OH is 1. The van der Waals surface area contributed by atoms with Crippen LogP contribution in [-0.2, 0) is 11.3 Å². The summed E-state index contributed by atoms with van der Waals surface area (Å²) in [7, 11) is 0. The van der Waals surface area contributed by atoms with E-state index in [0.717, 1.165) is 5.56 Å². The molecule has 0 aliphatic rings. The van der Waals surface area contributed by atoms with Crippen LogP contribution in [0.25, 0.3) is 0 Å². The van der Waals surface area contributed by atoms with Gasteiger partial charge in [-0.2, -0.15) is 0 Å². The highest BCUT2D eigenvalue weighted by atomic mass is 16.3. The van der Waals surface area contributed by atoms with Crippen molar-refractivity contribution in [3.05, 3.63) is 66.0 Å². The molecular formula is C19H23N3O3. The van der Waals surface area contributed by atoms with Crippen molar-refractivity contribution in [2.75, 3.05) is 6.61 Å². The maximum absolute atomic E-state index is 12.5. The Hall–Kier alpha value is -2.73. The number of rotatable bonds is 9. The first-order valence-electron chi connectivity index (χ1n) is 8.35. The number of unbranched alkanes of at least 4 members (excludes halogenated alkanes) is 1. The number of benzene rings is 1. The second kappa shape index (κ2) is 10.2. The van der Waals surface area contributed by atoms with E-state index in [0.29, 0.717) is 25.8 Å². The Morgan fingerprint density at radius 3 is 2.48 bits per heavy atom. The summed E-state index contributed by atoms with van der Waals surface area (Å²) in [6.45, 7) is 0.460. The maximum atomic E-state index is 12.5. The van der Waals surface area contributed by atoms with Gasteiger partial charge in [0, 0.05) is 19.3 Å². The molecule has 0 bridgehead atoms. The predicted octanol–water partition coefficient (Wildman–Crippen LogP) is 1.66. The maximum Gasteiger partial charge on any atom is 0.270 e. The van der Waals surface area contributed by atoms with E-state index in [1.54, 1.807) is 18.2 Å². The molecule has 0 fully saturated rings. The highest BCUT2D eigenvalue weighted by Gasteiger charge is 2.21. The zero-order valence-electron chi connectivity index (χ0n) is 14.0.